The Morgan fingerprint density at radius 2 is 2.05 bits per heavy atom. The van der Waals surface area contributed by atoms with E-state index in [2.05, 4.69) is 10.2 Å². The van der Waals surface area contributed by atoms with Gasteiger partial charge in [0.2, 0.25) is 0 Å². The molecule has 5 heteroatoms. The average molecular weight is 325 g/mol. The second kappa shape index (κ2) is 6.24. The van der Waals surface area contributed by atoms with Gasteiger partial charge in [-0.05, 0) is 55.0 Å². The third-order valence-electron chi connectivity index (χ3n) is 3.87. The summed E-state index contributed by atoms with van der Waals surface area (Å²) in [6.45, 7) is 3.95. The van der Waals surface area contributed by atoms with Gasteiger partial charge in [0, 0.05) is 24.8 Å². The molecule has 1 fully saturated rings. The molecule has 0 radical (unpaired) electrons. The molecule has 1 aliphatic heterocycles. The van der Waals surface area contributed by atoms with Crippen LogP contribution in [0.25, 0.3) is 0 Å². The molecule has 1 aromatic heterocycles. The molecule has 1 aromatic carbocycles. The Kier molecular flexibility index (Phi) is 4.36. The number of hydrogen-bond acceptors (Lipinski definition) is 3. The third kappa shape index (κ3) is 3.33. The number of hydrogen-bond donors (Lipinski definition) is 1. The summed E-state index contributed by atoms with van der Waals surface area (Å²) in [6, 6.07) is 7.44. The summed E-state index contributed by atoms with van der Waals surface area (Å²) in [5, 5.41) is 5.34. The van der Waals surface area contributed by atoms with Crippen LogP contribution >= 0.6 is 22.9 Å². The summed E-state index contributed by atoms with van der Waals surface area (Å²) < 4.78 is 15.0. The van der Waals surface area contributed by atoms with Crippen LogP contribution in [0.2, 0.25) is 4.34 Å². The first-order valence-electron chi connectivity index (χ1n) is 7.18. The van der Waals surface area contributed by atoms with Crippen molar-refractivity contribution in [3.63, 3.8) is 0 Å². The number of benzene rings is 1. The molecule has 1 N–H and O–H groups in total. The Morgan fingerprint density at radius 3 is 2.67 bits per heavy atom. The van der Waals surface area contributed by atoms with Crippen molar-refractivity contribution in [1.29, 1.82) is 0 Å². The topological polar surface area (TPSA) is 15.3 Å². The standard InChI is InChI=1S/C16H18ClFN2S/c1-11(12-8-16(17)21-10-12)19-13-4-5-15(14(18)9-13)20-6-2-3-7-20/h4-5,8-11,19H,2-3,6-7H2,1H3. The minimum Gasteiger partial charge on any atom is -0.378 e. The molecule has 1 saturated heterocycles. The number of halogens is 2. The first-order valence-corrected chi connectivity index (χ1v) is 8.44. The molecule has 1 atom stereocenters. The minimum absolute atomic E-state index is 0.103. The molecule has 112 valence electrons. The number of rotatable bonds is 4. The van der Waals surface area contributed by atoms with Crippen molar-refractivity contribution < 1.29 is 4.39 Å². The van der Waals surface area contributed by atoms with Crippen LogP contribution in [-0.4, -0.2) is 13.1 Å². The zero-order valence-electron chi connectivity index (χ0n) is 11.9. The molecule has 2 nitrogen and oxygen atoms in total. The van der Waals surface area contributed by atoms with Crippen LogP contribution in [0.1, 0.15) is 31.4 Å². The van der Waals surface area contributed by atoms with E-state index < -0.39 is 0 Å². The summed E-state index contributed by atoms with van der Waals surface area (Å²) in [4.78, 5) is 2.11. The van der Waals surface area contributed by atoms with E-state index >= 15 is 0 Å². The smallest absolute Gasteiger partial charge is 0.148 e. The number of anilines is 2. The van der Waals surface area contributed by atoms with Crippen molar-refractivity contribution in [2.24, 2.45) is 0 Å². The van der Waals surface area contributed by atoms with Crippen LogP contribution in [0.3, 0.4) is 0 Å². The minimum atomic E-state index is -0.155. The maximum absolute atomic E-state index is 14.3. The number of thiophene rings is 1. The maximum atomic E-state index is 14.3. The van der Waals surface area contributed by atoms with E-state index in [9.17, 15) is 4.39 Å². The van der Waals surface area contributed by atoms with Gasteiger partial charge < -0.3 is 10.2 Å². The maximum Gasteiger partial charge on any atom is 0.148 e. The van der Waals surface area contributed by atoms with Crippen LogP contribution in [0.5, 0.6) is 0 Å². The van der Waals surface area contributed by atoms with Gasteiger partial charge in [0.05, 0.1) is 10.0 Å². The molecule has 0 bridgehead atoms. The molecule has 2 heterocycles. The quantitative estimate of drug-likeness (QED) is 0.819. The van der Waals surface area contributed by atoms with Crippen LogP contribution in [0, 0.1) is 5.82 Å². The van der Waals surface area contributed by atoms with Crippen LogP contribution in [-0.2, 0) is 0 Å². The fourth-order valence-corrected chi connectivity index (χ4v) is 3.68. The van der Waals surface area contributed by atoms with Gasteiger partial charge in [-0.2, -0.15) is 0 Å². The highest BCUT2D eigenvalue weighted by molar-refractivity contribution is 7.14. The van der Waals surface area contributed by atoms with Gasteiger partial charge in [0.25, 0.3) is 0 Å². The van der Waals surface area contributed by atoms with Gasteiger partial charge in [0.15, 0.2) is 0 Å². The Morgan fingerprint density at radius 1 is 1.29 bits per heavy atom. The van der Waals surface area contributed by atoms with Crippen LogP contribution in [0.4, 0.5) is 15.8 Å². The molecular weight excluding hydrogens is 307 g/mol. The molecule has 0 amide bonds. The molecular formula is C16H18ClFN2S. The largest absolute Gasteiger partial charge is 0.378 e. The number of nitrogens with one attached hydrogen (secondary N) is 1. The van der Waals surface area contributed by atoms with E-state index in [0.717, 1.165) is 41.5 Å². The Balaban J connectivity index is 1.72. The normalized spacial score (nSPS) is 16.2. The van der Waals surface area contributed by atoms with Crippen molar-refractivity contribution in [1.82, 2.24) is 0 Å². The van der Waals surface area contributed by atoms with Crippen LogP contribution < -0.4 is 10.2 Å². The van der Waals surface area contributed by atoms with Gasteiger partial charge in [-0.25, -0.2) is 4.39 Å². The summed E-state index contributed by atoms with van der Waals surface area (Å²) >= 11 is 7.46. The van der Waals surface area contributed by atoms with Gasteiger partial charge in [-0.1, -0.05) is 11.6 Å². The predicted molar refractivity (Wildman–Crippen MR) is 89.2 cm³/mol. The van der Waals surface area contributed by atoms with E-state index in [-0.39, 0.29) is 11.9 Å². The summed E-state index contributed by atoms with van der Waals surface area (Å²) in [5.74, 6) is -0.155. The van der Waals surface area contributed by atoms with E-state index in [4.69, 9.17) is 11.6 Å². The Hall–Kier alpha value is -1.26. The molecule has 1 aliphatic rings. The first-order chi connectivity index (χ1) is 10.1. The summed E-state index contributed by atoms with van der Waals surface area (Å²) in [6.07, 6.45) is 2.30. The van der Waals surface area contributed by atoms with Crippen molar-refractivity contribution in [2.45, 2.75) is 25.8 Å². The fourth-order valence-electron chi connectivity index (χ4n) is 2.69. The highest BCUT2D eigenvalue weighted by Crippen LogP contribution is 2.30. The van der Waals surface area contributed by atoms with Crippen LogP contribution in [0.15, 0.2) is 29.6 Å². The molecule has 21 heavy (non-hydrogen) atoms. The lowest BCUT2D eigenvalue weighted by atomic mass is 10.1. The van der Waals surface area contributed by atoms with Gasteiger partial charge in [-0.15, -0.1) is 11.3 Å². The SMILES string of the molecule is CC(Nc1ccc(N2CCCC2)c(F)c1)c1csc(Cl)c1. The molecule has 1 unspecified atom stereocenters. The van der Waals surface area contributed by atoms with E-state index in [1.54, 1.807) is 6.07 Å². The third-order valence-corrected chi connectivity index (χ3v) is 4.97. The zero-order chi connectivity index (χ0) is 14.8. The van der Waals surface area contributed by atoms with E-state index in [1.165, 1.54) is 11.3 Å². The van der Waals surface area contributed by atoms with Gasteiger partial charge in [-0.3, -0.25) is 0 Å². The monoisotopic (exact) mass is 324 g/mol. The zero-order valence-corrected chi connectivity index (χ0v) is 13.5. The second-order valence-electron chi connectivity index (χ2n) is 5.41. The second-order valence-corrected chi connectivity index (χ2v) is 6.95. The molecule has 0 saturated carbocycles. The Bertz CT molecular complexity index is 622. The lowest BCUT2D eigenvalue weighted by Gasteiger charge is -2.20. The first kappa shape index (κ1) is 14.7. The average Bonchev–Trinajstić information content (AvgIpc) is 3.10. The van der Waals surface area contributed by atoms with Gasteiger partial charge >= 0.3 is 0 Å². The molecule has 2 aromatic rings. The highest BCUT2D eigenvalue weighted by atomic mass is 35.5. The van der Waals surface area contributed by atoms with Gasteiger partial charge in [0.1, 0.15) is 5.82 Å². The summed E-state index contributed by atoms with van der Waals surface area (Å²) in [7, 11) is 0. The van der Waals surface area contributed by atoms with E-state index in [0.29, 0.717) is 5.69 Å². The predicted octanol–water partition coefficient (Wildman–Crippen LogP) is 5.31. The fraction of sp³-hybridized carbons (Fsp3) is 0.375. The van der Waals surface area contributed by atoms with Crippen molar-refractivity contribution >= 4 is 34.3 Å². The molecule has 0 aliphatic carbocycles. The van der Waals surface area contributed by atoms with Crippen molar-refractivity contribution in [2.75, 3.05) is 23.3 Å². The lowest BCUT2D eigenvalue weighted by molar-refractivity contribution is 0.623. The molecule has 0 spiro atoms. The Labute approximate surface area is 133 Å². The lowest BCUT2D eigenvalue weighted by Crippen LogP contribution is -2.19. The van der Waals surface area contributed by atoms with E-state index in [1.807, 2.05) is 30.5 Å². The van der Waals surface area contributed by atoms with Crippen molar-refractivity contribution in [3.05, 3.63) is 45.4 Å². The molecule has 3 rings (SSSR count). The summed E-state index contributed by atoms with van der Waals surface area (Å²) in [5.41, 5.74) is 2.63. The van der Waals surface area contributed by atoms with Crippen molar-refractivity contribution in [3.8, 4) is 0 Å². The highest BCUT2D eigenvalue weighted by Gasteiger charge is 2.16. The number of nitrogens with zero attached hydrogens (tertiary/aromatic N) is 1.